The van der Waals surface area contributed by atoms with Crippen molar-refractivity contribution in [2.24, 2.45) is 0 Å². The largest absolute Gasteiger partial charge is 0.0869 e. The van der Waals surface area contributed by atoms with Crippen LogP contribution in [0.2, 0.25) is 0 Å². The summed E-state index contributed by atoms with van der Waals surface area (Å²) in [4.78, 5) is 0. The normalized spacial score (nSPS) is 10.8. The molecule has 0 saturated carbocycles. The molecule has 0 aromatic carbocycles. The molecular weight excluding hydrogens is 106 g/mol. The maximum Gasteiger partial charge on any atom is -0.0125 e. The molecule has 0 spiro atoms. The molecule has 0 aliphatic rings. The average Bonchev–Trinajstić information content (AvgIpc) is 0.811. The quantitative estimate of drug-likeness (QED) is 0.427. The Labute approximate surface area is 33.7 Å². The third-order valence-electron chi connectivity index (χ3n) is 0. The molecule has 0 aliphatic carbocycles. The SMILES string of the molecule is CP(=P)=S. The molecule has 1 atom stereocenters. The van der Waals surface area contributed by atoms with Gasteiger partial charge in [0.25, 0.3) is 0 Å². The molecule has 0 heterocycles. The lowest BCUT2D eigenvalue weighted by Gasteiger charge is -1.45. The van der Waals surface area contributed by atoms with Crippen molar-refractivity contribution in [2.75, 3.05) is 6.66 Å². The van der Waals surface area contributed by atoms with Crippen molar-refractivity contribution in [3.63, 3.8) is 0 Å². The summed E-state index contributed by atoms with van der Waals surface area (Å²) in [6.45, 7) is 1.96. The van der Waals surface area contributed by atoms with Crippen LogP contribution in [0, 0.1) is 0 Å². The third kappa shape index (κ3) is 13.9. The van der Waals surface area contributed by atoms with Crippen LogP contribution in [0.3, 0.4) is 0 Å². The van der Waals surface area contributed by atoms with Crippen molar-refractivity contribution in [2.45, 2.75) is 0 Å². The molecule has 0 aliphatic heterocycles. The first-order chi connectivity index (χ1) is 1.73. The third-order valence-corrected chi connectivity index (χ3v) is 0. The summed E-state index contributed by atoms with van der Waals surface area (Å²) < 4.78 is 0. The highest BCUT2D eigenvalue weighted by Gasteiger charge is 1.37. The van der Waals surface area contributed by atoms with Crippen LogP contribution in [0.1, 0.15) is 0 Å². The van der Waals surface area contributed by atoms with E-state index in [1.54, 1.807) is 0 Å². The van der Waals surface area contributed by atoms with Gasteiger partial charge in [0.1, 0.15) is 0 Å². The van der Waals surface area contributed by atoms with Gasteiger partial charge in [-0.2, -0.15) is 0 Å². The molecule has 1 unspecified atom stereocenters. The monoisotopic (exact) mass is 110 g/mol. The Balaban J connectivity index is 3.51. The van der Waals surface area contributed by atoms with E-state index >= 15 is 0 Å². The van der Waals surface area contributed by atoms with Crippen molar-refractivity contribution in [1.29, 1.82) is 0 Å². The topological polar surface area (TPSA) is 0 Å². The van der Waals surface area contributed by atoms with Gasteiger partial charge in [0.15, 0.2) is 0 Å². The molecule has 0 radical (unpaired) electrons. The van der Waals surface area contributed by atoms with Gasteiger partial charge in [-0.1, -0.05) is 20.3 Å². The van der Waals surface area contributed by atoms with Crippen molar-refractivity contribution in [1.82, 2.24) is 0 Å². The van der Waals surface area contributed by atoms with E-state index in [9.17, 15) is 0 Å². The Morgan fingerprint density at radius 1 is 2.00 bits per heavy atom. The summed E-state index contributed by atoms with van der Waals surface area (Å²) in [5.41, 5.74) is 0. The van der Waals surface area contributed by atoms with Crippen LogP contribution in [0.25, 0.3) is 0 Å². The first-order valence-electron chi connectivity index (χ1n) is 0.853. The van der Waals surface area contributed by atoms with Gasteiger partial charge in [-0.05, 0) is 12.6 Å². The molecular formula is CH4P2S. The van der Waals surface area contributed by atoms with E-state index in [0.29, 0.717) is 0 Å². The number of rotatable bonds is 0. The van der Waals surface area contributed by atoms with Gasteiger partial charge in [-0.3, -0.25) is 0 Å². The van der Waals surface area contributed by atoms with Gasteiger partial charge >= 0.3 is 0 Å². The Morgan fingerprint density at radius 3 is 2.00 bits per heavy atom. The molecule has 0 nitrogen and oxygen atoms in total. The molecule has 0 saturated heterocycles. The fraction of sp³-hybridized carbons (Fsp3) is 1.00. The van der Waals surface area contributed by atoms with Crippen molar-refractivity contribution in [3.05, 3.63) is 0 Å². The molecule has 0 bridgehead atoms. The molecule has 0 amide bonds. The minimum absolute atomic E-state index is 0.231. The molecule has 0 N–H and O–H groups in total. The van der Waals surface area contributed by atoms with E-state index in [1.165, 1.54) is 0 Å². The maximum absolute atomic E-state index is 4.60. The van der Waals surface area contributed by atoms with Gasteiger partial charge in [-0.15, -0.1) is 0 Å². The predicted octanol–water partition coefficient (Wildman–Crippen LogP) is 1.62. The molecule has 0 aromatic rings. The predicted molar refractivity (Wildman–Crippen MR) is 28.5 cm³/mol. The Hall–Kier alpha value is 0.820. The molecule has 3 heteroatoms. The lowest BCUT2D eigenvalue weighted by molar-refractivity contribution is 2.51. The van der Waals surface area contributed by atoms with Gasteiger partial charge in [0.2, 0.25) is 0 Å². The highest BCUT2D eigenvalue weighted by atomic mass is 32.5. The van der Waals surface area contributed by atoms with E-state index < -0.39 is 0 Å². The van der Waals surface area contributed by atoms with Crippen LogP contribution in [-0.2, 0) is 11.8 Å². The first-order valence-corrected chi connectivity index (χ1v) is 5.00. The lowest BCUT2D eigenvalue weighted by atomic mass is 12.0. The Kier molecular flexibility index (Phi) is 2.51. The van der Waals surface area contributed by atoms with Crippen LogP contribution in [-0.4, -0.2) is 6.66 Å². The Bertz CT molecular complexity index is 54.4. The number of hydrogen-bond donors (Lipinski definition) is 0. The second-order valence-corrected chi connectivity index (χ2v) is 6.12. The van der Waals surface area contributed by atoms with E-state index in [0.717, 1.165) is 0 Å². The highest BCUT2D eigenvalue weighted by Crippen LogP contribution is 2.00. The standard InChI is InChI=1S/CH4P2S/c1-3(2)4/h2H,1H3. The van der Waals surface area contributed by atoms with Gasteiger partial charge in [0, 0.05) is 0 Å². The zero-order valence-electron chi connectivity index (χ0n) is 2.36. The number of hydrogen-bond acceptors (Lipinski definition) is 1. The minimum atomic E-state index is -0.231. The van der Waals surface area contributed by atoms with Gasteiger partial charge in [0.05, 0.1) is 0 Å². The summed E-state index contributed by atoms with van der Waals surface area (Å²) >= 11 is 4.60. The first kappa shape index (κ1) is 4.82. The second kappa shape index (κ2) is 2.08. The van der Waals surface area contributed by atoms with E-state index in [4.69, 9.17) is 0 Å². The lowest BCUT2D eigenvalue weighted by Crippen LogP contribution is -1.05. The average molecular weight is 110 g/mol. The summed E-state index contributed by atoms with van der Waals surface area (Å²) in [5.74, 6) is -0.231. The van der Waals surface area contributed by atoms with Crippen LogP contribution in [0.4, 0.5) is 0 Å². The second-order valence-electron chi connectivity index (χ2n) is 0.497. The molecule has 0 aromatic heterocycles. The van der Waals surface area contributed by atoms with E-state index in [2.05, 4.69) is 20.3 Å². The molecule has 4 heavy (non-hydrogen) atoms. The minimum Gasteiger partial charge on any atom is -0.0869 e. The fourth-order valence-corrected chi connectivity index (χ4v) is 0. The zero-order chi connectivity index (χ0) is 3.58. The van der Waals surface area contributed by atoms with Crippen molar-refractivity contribution < 1.29 is 0 Å². The molecule has 0 rings (SSSR count). The fourth-order valence-electron chi connectivity index (χ4n) is 0. The van der Waals surface area contributed by atoms with E-state index in [1.807, 2.05) is 6.66 Å². The van der Waals surface area contributed by atoms with Crippen LogP contribution < -0.4 is 0 Å². The van der Waals surface area contributed by atoms with Gasteiger partial charge < -0.3 is 0 Å². The molecule has 24 valence electrons. The summed E-state index contributed by atoms with van der Waals surface area (Å²) in [6, 6.07) is 0. The highest BCUT2D eigenvalue weighted by molar-refractivity contribution is 8.15. The van der Waals surface area contributed by atoms with Crippen LogP contribution in [0.15, 0.2) is 0 Å². The van der Waals surface area contributed by atoms with Crippen LogP contribution in [0.5, 0.6) is 0 Å². The van der Waals surface area contributed by atoms with Crippen molar-refractivity contribution in [3.8, 4) is 0 Å². The molecule has 0 fully saturated rings. The summed E-state index contributed by atoms with van der Waals surface area (Å²) in [6.07, 6.45) is 0. The summed E-state index contributed by atoms with van der Waals surface area (Å²) in [7, 11) is 3.19. The zero-order valence-corrected chi connectivity index (χ0v) is 5.07. The van der Waals surface area contributed by atoms with Gasteiger partial charge in [-0.25, -0.2) is 0 Å². The smallest absolute Gasteiger partial charge is 0.0125 e. The summed E-state index contributed by atoms with van der Waals surface area (Å²) in [5, 5.41) is 0. The van der Waals surface area contributed by atoms with Crippen molar-refractivity contribution >= 4 is 26.3 Å². The maximum atomic E-state index is 4.60. The van der Waals surface area contributed by atoms with Crippen LogP contribution >= 0.6 is 14.5 Å². The van der Waals surface area contributed by atoms with E-state index in [-0.39, 0.29) is 5.98 Å². The Morgan fingerprint density at radius 2 is 2.00 bits per heavy atom.